The third kappa shape index (κ3) is 5.81. The highest BCUT2D eigenvalue weighted by Crippen LogP contribution is 2.46. The van der Waals surface area contributed by atoms with Gasteiger partial charge in [0.05, 0.1) is 12.2 Å². The molecule has 0 aromatic carbocycles. The van der Waals surface area contributed by atoms with Crippen molar-refractivity contribution < 1.29 is 29.2 Å². The van der Waals surface area contributed by atoms with E-state index in [0.717, 1.165) is 19.3 Å². The molecule has 0 amide bonds. The van der Waals surface area contributed by atoms with Crippen LogP contribution in [-0.2, 0) is 9.53 Å². The van der Waals surface area contributed by atoms with Crippen molar-refractivity contribution in [2.45, 2.75) is 83.0 Å². The van der Waals surface area contributed by atoms with Crippen molar-refractivity contribution in [3.63, 3.8) is 0 Å². The van der Waals surface area contributed by atoms with Gasteiger partial charge in [-0.2, -0.15) is 0 Å². The van der Waals surface area contributed by atoms with Crippen LogP contribution in [0.4, 0.5) is 4.39 Å². The number of halogens is 1. The standard InChI is InChI=1S/C20H31FO5/c1-2-3-4-6-13(22)9-10-14-15-11-19(26-18(15)12-17(14)23)16(21)7-5-8-20(24)25/h9-10,13-15,17-18,22-23H,2-8,11-12H2,1H3,(H,24,25). The molecule has 148 valence electrons. The largest absolute Gasteiger partial charge is 0.492 e. The summed E-state index contributed by atoms with van der Waals surface area (Å²) in [5.74, 6) is -1.15. The van der Waals surface area contributed by atoms with E-state index in [4.69, 9.17) is 9.84 Å². The van der Waals surface area contributed by atoms with E-state index in [1.165, 1.54) is 0 Å². The number of hydrogen-bond acceptors (Lipinski definition) is 4. The number of hydrogen-bond donors (Lipinski definition) is 3. The van der Waals surface area contributed by atoms with Crippen LogP contribution in [0.1, 0.15) is 64.7 Å². The third-order valence-electron chi connectivity index (χ3n) is 5.35. The van der Waals surface area contributed by atoms with E-state index in [2.05, 4.69) is 6.92 Å². The number of allylic oxidation sites excluding steroid dienone is 2. The second-order valence-electron chi connectivity index (χ2n) is 7.43. The number of fused-ring (bicyclic) bond motifs is 1. The number of unbranched alkanes of at least 4 members (excludes halogenated alkanes) is 2. The van der Waals surface area contributed by atoms with Gasteiger partial charge in [0.15, 0.2) is 0 Å². The quantitative estimate of drug-likeness (QED) is 0.403. The minimum Gasteiger partial charge on any atom is -0.492 e. The van der Waals surface area contributed by atoms with E-state index >= 15 is 0 Å². The van der Waals surface area contributed by atoms with E-state index in [0.29, 0.717) is 25.0 Å². The monoisotopic (exact) mass is 370 g/mol. The van der Waals surface area contributed by atoms with Crippen LogP contribution >= 0.6 is 0 Å². The predicted molar refractivity (Wildman–Crippen MR) is 96.0 cm³/mol. The Bertz CT molecular complexity index is 530. The summed E-state index contributed by atoms with van der Waals surface area (Å²) < 4.78 is 19.9. The van der Waals surface area contributed by atoms with E-state index in [1.54, 1.807) is 6.08 Å². The molecule has 0 bridgehead atoms. The molecule has 2 rings (SSSR count). The molecule has 1 heterocycles. The normalized spacial score (nSPS) is 31.1. The maximum Gasteiger partial charge on any atom is 0.303 e. The van der Waals surface area contributed by atoms with Crippen LogP contribution in [0, 0.1) is 11.8 Å². The fraction of sp³-hybridized carbons (Fsp3) is 0.750. The first-order valence-electron chi connectivity index (χ1n) is 9.72. The molecular weight excluding hydrogens is 339 g/mol. The van der Waals surface area contributed by atoms with Crippen molar-refractivity contribution in [2.75, 3.05) is 0 Å². The van der Waals surface area contributed by atoms with Gasteiger partial charge in [0, 0.05) is 37.5 Å². The second-order valence-corrected chi connectivity index (χ2v) is 7.43. The number of rotatable bonds is 10. The van der Waals surface area contributed by atoms with E-state index in [1.807, 2.05) is 6.08 Å². The Balaban J connectivity index is 1.90. The van der Waals surface area contributed by atoms with Crippen molar-refractivity contribution in [1.29, 1.82) is 0 Å². The maximum absolute atomic E-state index is 14.2. The average molecular weight is 370 g/mol. The molecular formula is C20H31FO5. The maximum atomic E-state index is 14.2. The summed E-state index contributed by atoms with van der Waals surface area (Å²) >= 11 is 0. The molecule has 0 radical (unpaired) electrons. The van der Waals surface area contributed by atoms with Crippen LogP contribution in [0.3, 0.4) is 0 Å². The predicted octanol–water partition coefficient (Wildman–Crippen LogP) is 3.71. The molecule has 1 aliphatic heterocycles. The lowest BCUT2D eigenvalue weighted by molar-refractivity contribution is -0.137. The minimum absolute atomic E-state index is 0.00400. The van der Waals surface area contributed by atoms with Crippen LogP contribution in [0.25, 0.3) is 0 Å². The molecule has 5 unspecified atom stereocenters. The Morgan fingerprint density at radius 3 is 2.81 bits per heavy atom. The van der Waals surface area contributed by atoms with E-state index in [9.17, 15) is 19.4 Å². The Morgan fingerprint density at radius 1 is 1.35 bits per heavy atom. The number of aliphatic carboxylic acids is 1. The number of carboxylic acid groups (broad SMARTS) is 1. The van der Waals surface area contributed by atoms with Gasteiger partial charge in [-0.05, 0) is 12.8 Å². The fourth-order valence-corrected chi connectivity index (χ4v) is 3.89. The third-order valence-corrected chi connectivity index (χ3v) is 5.35. The summed E-state index contributed by atoms with van der Waals surface area (Å²) in [6.07, 6.45) is 7.34. The van der Waals surface area contributed by atoms with Gasteiger partial charge in [0.2, 0.25) is 0 Å². The average Bonchev–Trinajstić information content (AvgIpc) is 3.10. The first kappa shape index (κ1) is 20.9. The molecule has 26 heavy (non-hydrogen) atoms. The Kier molecular flexibility index (Phi) is 8.10. The summed E-state index contributed by atoms with van der Waals surface area (Å²) in [5.41, 5.74) is 0. The number of carbonyl (C=O) groups is 1. The van der Waals surface area contributed by atoms with Crippen LogP contribution < -0.4 is 0 Å². The number of aliphatic hydroxyl groups excluding tert-OH is 2. The molecule has 5 nitrogen and oxygen atoms in total. The number of aliphatic hydroxyl groups is 2. The van der Waals surface area contributed by atoms with Gasteiger partial charge < -0.3 is 20.1 Å². The molecule has 5 atom stereocenters. The molecule has 3 N–H and O–H groups in total. The lowest BCUT2D eigenvalue weighted by Gasteiger charge is -2.16. The Morgan fingerprint density at radius 2 is 2.12 bits per heavy atom. The zero-order chi connectivity index (χ0) is 19.1. The second kappa shape index (κ2) is 10.1. The SMILES string of the molecule is CCCCCC(O)C=CC1C(O)CC2OC(=C(F)CCCC(=O)O)CC21. The summed E-state index contributed by atoms with van der Waals surface area (Å²) in [5, 5.41) is 28.9. The lowest BCUT2D eigenvalue weighted by Crippen LogP contribution is -2.18. The molecule has 0 aromatic rings. The topological polar surface area (TPSA) is 87.0 Å². The van der Waals surface area contributed by atoms with Gasteiger partial charge in [-0.3, -0.25) is 4.79 Å². The first-order chi connectivity index (χ1) is 12.4. The van der Waals surface area contributed by atoms with Gasteiger partial charge in [0.1, 0.15) is 17.7 Å². The highest BCUT2D eigenvalue weighted by Gasteiger charge is 2.47. The van der Waals surface area contributed by atoms with E-state index < -0.39 is 18.2 Å². The van der Waals surface area contributed by atoms with Gasteiger partial charge in [-0.1, -0.05) is 38.3 Å². The molecule has 1 aliphatic carbocycles. The van der Waals surface area contributed by atoms with Crippen molar-refractivity contribution >= 4 is 5.97 Å². The smallest absolute Gasteiger partial charge is 0.303 e. The van der Waals surface area contributed by atoms with E-state index in [-0.39, 0.29) is 43.0 Å². The molecule has 1 saturated carbocycles. The Labute approximate surface area is 154 Å². The first-order valence-corrected chi connectivity index (χ1v) is 9.72. The highest BCUT2D eigenvalue weighted by molar-refractivity contribution is 5.66. The van der Waals surface area contributed by atoms with Gasteiger partial charge in [0.25, 0.3) is 0 Å². The number of ether oxygens (including phenoxy) is 1. The van der Waals surface area contributed by atoms with Crippen LogP contribution in [0.15, 0.2) is 23.7 Å². The van der Waals surface area contributed by atoms with Crippen LogP contribution in [0.2, 0.25) is 0 Å². The Hall–Kier alpha value is -1.40. The van der Waals surface area contributed by atoms with Gasteiger partial charge >= 0.3 is 5.97 Å². The summed E-state index contributed by atoms with van der Waals surface area (Å²) in [7, 11) is 0. The summed E-state index contributed by atoms with van der Waals surface area (Å²) in [6.45, 7) is 2.11. The van der Waals surface area contributed by atoms with Crippen molar-refractivity contribution in [3.8, 4) is 0 Å². The van der Waals surface area contributed by atoms with Crippen molar-refractivity contribution in [2.24, 2.45) is 11.8 Å². The highest BCUT2D eigenvalue weighted by atomic mass is 19.1. The molecule has 0 aromatic heterocycles. The summed E-state index contributed by atoms with van der Waals surface area (Å²) in [4.78, 5) is 10.5. The molecule has 0 spiro atoms. The zero-order valence-corrected chi connectivity index (χ0v) is 15.4. The van der Waals surface area contributed by atoms with Gasteiger partial charge in [-0.25, -0.2) is 4.39 Å². The molecule has 2 aliphatic rings. The van der Waals surface area contributed by atoms with Crippen LogP contribution in [-0.4, -0.2) is 39.6 Å². The minimum atomic E-state index is -0.933. The molecule has 2 fully saturated rings. The van der Waals surface area contributed by atoms with Crippen molar-refractivity contribution in [3.05, 3.63) is 23.7 Å². The van der Waals surface area contributed by atoms with Crippen LogP contribution in [0.5, 0.6) is 0 Å². The number of carboxylic acids is 1. The fourth-order valence-electron chi connectivity index (χ4n) is 3.89. The molecule has 6 heteroatoms. The zero-order valence-electron chi connectivity index (χ0n) is 15.4. The van der Waals surface area contributed by atoms with Crippen molar-refractivity contribution in [1.82, 2.24) is 0 Å². The van der Waals surface area contributed by atoms with Gasteiger partial charge in [-0.15, -0.1) is 0 Å². The molecule has 1 saturated heterocycles. The lowest BCUT2D eigenvalue weighted by atomic mass is 9.90. The summed E-state index contributed by atoms with van der Waals surface area (Å²) in [6, 6.07) is 0.